The van der Waals surface area contributed by atoms with Crippen LogP contribution in [0.1, 0.15) is 35.9 Å². The standard InChI is InChI=1S/C20H20N4O2/c1-13-21-19(24-26-13)15-9-11-16(12-10-15)22-20(25)23-18-8-4-6-14-5-2-3-7-17(14)18/h2-3,5,7,9-12,18H,4,6,8H2,1H3,(H2,22,23,25)/t18-/m1/s1. The van der Waals surface area contributed by atoms with E-state index in [-0.39, 0.29) is 12.1 Å². The maximum atomic E-state index is 12.4. The first-order valence-corrected chi connectivity index (χ1v) is 8.75. The summed E-state index contributed by atoms with van der Waals surface area (Å²) in [6.07, 6.45) is 3.12. The van der Waals surface area contributed by atoms with Crippen LogP contribution in [-0.4, -0.2) is 16.2 Å². The van der Waals surface area contributed by atoms with Crippen LogP contribution >= 0.6 is 0 Å². The fourth-order valence-electron chi connectivity index (χ4n) is 3.35. The molecule has 0 fully saturated rings. The minimum atomic E-state index is -0.199. The molecule has 1 aromatic heterocycles. The summed E-state index contributed by atoms with van der Waals surface area (Å²) in [6.45, 7) is 1.75. The molecule has 26 heavy (non-hydrogen) atoms. The zero-order valence-corrected chi connectivity index (χ0v) is 14.5. The lowest BCUT2D eigenvalue weighted by atomic mass is 9.88. The Morgan fingerprint density at radius 3 is 2.73 bits per heavy atom. The van der Waals surface area contributed by atoms with Gasteiger partial charge in [0, 0.05) is 18.2 Å². The number of benzene rings is 2. The maximum Gasteiger partial charge on any atom is 0.319 e. The molecule has 2 aromatic carbocycles. The molecule has 2 N–H and O–H groups in total. The number of nitrogens with zero attached hydrogens (tertiary/aromatic N) is 2. The average Bonchev–Trinajstić information content (AvgIpc) is 3.09. The van der Waals surface area contributed by atoms with E-state index in [4.69, 9.17) is 4.52 Å². The summed E-state index contributed by atoms with van der Waals surface area (Å²) in [5, 5.41) is 9.86. The van der Waals surface area contributed by atoms with Crippen LogP contribution in [-0.2, 0) is 6.42 Å². The Labute approximate surface area is 151 Å². The molecule has 6 nitrogen and oxygen atoms in total. The number of carbonyl (C=O) groups excluding carboxylic acids is 1. The summed E-state index contributed by atoms with van der Waals surface area (Å²) in [5.41, 5.74) is 4.10. The number of hydrogen-bond acceptors (Lipinski definition) is 4. The van der Waals surface area contributed by atoms with Crippen molar-refractivity contribution in [2.75, 3.05) is 5.32 Å². The van der Waals surface area contributed by atoms with Crippen LogP contribution in [0.5, 0.6) is 0 Å². The molecule has 0 unspecified atom stereocenters. The third-order valence-electron chi connectivity index (χ3n) is 4.60. The Morgan fingerprint density at radius 1 is 1.15 bits per heavy atom. The van der Waals surface area contributed by atoms with Crippen molar-refractivity contribution in [1.29, 1.82) is 0 Å². The Hall–Kier alpha value is -3.15. The number of fused-ring (bicyclic) bond motifs is 1. The number of hydrogen-bond donors (Lipinski definition) is 2. The highest BCUT2D eigenvalue weighted by Gasteiger charge is 2.21. The number of aromatic nitrogens is 2. The molecule has 0 radical (unpaired) electrons. The van der Waals surface area contributed by atoms with Crippen LogP contribution in [0.25, 0.3) is 11.4 Å². The van der Waals surface area contributed by atoms with Crippen LogP contribution in [0, 0.1) is 6.92 Å². The van der Waals surface area contributed by atoms with Gasteiger partial charge in [-0.1, -0.05) is 29.4 Å². The van der Waals surface area contributed by atoms with Gasteiger partial charge in [0.15, 0.2) is 0 Å². The van der Waals surface area contributed by atoms with Gasteiger partial charge in [-0.15, -0.1) is 0 Å². The van der Waals surface area contributed by atoms with Crippen LogP contribution in [0.4, 0.5) is 10.5 Å². The SMILES string of the molecule is Cc1nc(-c2ccc(NC(=O)N[C@@H]3CCCc4ccccc43)cc2)no1. The summed E-state index contributed by atoms with van der Waals surface area (Å²) in [4.78, 5) is 16.6. The highest BCUT2D eigenvalue weighted by atomic mass is 16.5. The van der Waals surface area contributed by atoms with Crippen LogP contribution < -0.4 is 10.6 Å². The Balaban J connectivity index is 1.41. The molecule has 0 saturated carbocycles. The second kappa shape index (κ2) is 7.00. The van der Waals surface area contributed by atoms with E-state index in [0.717, 1.165) is 30.5 Å². The molecule has 3 aromatic rings. The van der Waals surface area contributed by atoms with Gasteiger partial charge in [-0.3, -0.25) is 0 Å². The van der Waals surface area contributed by atoms with E-state index in [9.17, 15) is 4.79 Å². The summed E-state index contributed by atoms with van der Waals surface area (Å²) >= 11 is 0. The molecule has 0 spiro atoms. The van der Waals surface area contributed by atoms with Crippen LogP contribution in [0.15, 0.2) is 53.1 Å². The molecule has 6 heteroatoms. The van der Waals surface area contributed by atoms with Crippen LogP contribution in [0.3, 0.4) is 0 Å². The van der Waals surface area contributed by atoms with E-state index in [1.54, 1.807) is 6.92 Å². The van der Waals surface area contributed by atoms with Gasteiger partial charge in [-0.2, -0.15) is 4.98 Å². The number of carbonyl (C=O) groups is 1. The highest BCUT2D eigenvalue weighted by molar-refractivity contribution is 5.89. The van der Waals surface area contributed by atoms with Gasteiger partial charge in [0.2, 0.25) is 11.7 Å². The number of amides is 2. The minimum Gasteiger partial charge on any atom is -0.339 e. The first kappa shape index (κ1) is 16.3. The van der Waals surface area contributed by atoms with Crippen molar-refractivity contribution in [1.82, 2.24) is 15.5 Å². The number of nitrogens with one attached hydrogen (secondary N) is 2. The molecular weight excluding hydrogens is 328 g/mol. The van der Waals surface area contributed by atoms with Crippen molar-refractivity contribution in [2.45, 2.75) is 32.2 Å². The van der Waals surface area contributed by atoms with Crippen molar-refractivity contribution < 1.29 is 9.32 Å². The van der Waals surface area contributed by atoms with Gasteiger partial charge in [0.25, 0.3) is 0 Å². The second-order valence-corrected chi connectivity index (χ2v) is 6.46. The van der Waals surface area contributed by atoms with Gasteiger partial charge in [0.1, 0.15) is 0 Å². The summed E-state index contributed by atoms with van der Waals surface area (Å²) in [6, 6.07) is 15.5. The lowest BCUT2D eigenvalue weighted by Gasteiger charge is -2.26. The fraction of sp³-hybridized carbons (Fsp3) is 0.250. The largest absolute Gasteiger partial charge is 0.339 e. The van der Waals surface area contributed by atoms with Gasteiger partial charge >= 0.3 is 6.03 Å². The lowest BCUT2D eigenvalue weighted by molar-refractivity contribution is 0.247. The third kappa shape index (κ3) is 3.44. The first-order chi connectivity index (χ1) is 12.7. The minimum absolute atomic E-state index is 0.0570. The Kier molecular flexibility index (Phi) is 4.39. The van der Waals surface area contributed by atoms with Gasteiger partial charge in [-0.05, 0) is 54.7 Å². The van der Waals surface area contributed by atoms with Crippen molar-refractivity contribution >= 4 is 11.7 Å². The second-order valence-electron chi connectivity index (χ2n) is 6.46. The number of rotatable bonds is 3. The molecule has 2 amide bonds. The summed E-state index contributed by atoms with van der Waals surface area (Å²) in [5.74, 6) is 1.06. The molecule has 1 heterocycles. The molecule has 1 aliphatic carbocycles. The smallest absolute Gasteiger partial charge is 0.319 e. The quantitative estimate of drug-likeness (QED) is 0.742. The normalized spacial score (nSPS) is 16.0. The zero-order chi connectivity index (χ0) is 17.9. The monoisotopic (exact) mass is 348 g/mol. The van der Waals surface area contributed by atoms with E-state index in [0.29, 0.717) is 11.7 Å². The highest BCUT2D eigenvalue weighted by Crippen LogP contribution is 2.29. The van der Waals surface area contributed by atoms with E-state index < -0.39 is 0 Å². The molecule has 1 aliphatic rings. The Morgan fingerprint density at radius 2 is 1.96 bits per heavy atom. The number of aryl methyl sites for hydroxylation is 2. The first-order valence-electron chi connectivity index (χ1n) is 8.75. The lowest BCUT2D eigenvalue weighted by Crippen LogP contribution is -2.34. The predicted molar refractivity (Wildman–Crippen MR) is 98.7 cm³/mol. The van der Waals surface area contributed by atoms with Crippen molar-refractivity contribution in [3.8, 4) is 11.4 Å². The van der Waals surface area contributed by atoms with E-state index >= 15 is 0 Å². The van der Waals surface area contributed by atoms with Crippen molar-refractivity contribution in [3.05, 3.63) is 65.5 Å². The van der Waals surface area contributed by atoms with E-state index in [1.165, 1.54) is 11.1 Å². The van der Waals surface area contributed by atoms with Gasteiger partial charge in [0.05, 0.1) is 6.04 Å². The topological polar surface area (TPSA) is 80.0 Å². The predicted octanol–water partition coefficient (Wildman–Crippen LogP) is 4.24. The summed E-state index contributed by atoms with van der Waals surface area (Å²) < 4.78 is 4.99. The van der Waals surface area contributed by atoms with E-state index in [2.05, 4.69) is 32.9 Å². The van der Waals surface area contributed by atoms with Crippen molar-refractivity contribution in [3.63, 3.8) is 0 Å². The van der Waals surface area contributed by atoms with Crippen molar-refractivity contribution in [2.24, 2.45) is 0 Å². The fourth-order valence-corrected chi connectivity index (χ4v) is 3.35. The van der Waals surface area contributed by atoms with Crippen LogP contribution in [0.2, 0.25) is 0 Å². The summed E-state index contributed by atoms with van der Waals surface area (Å²) in [7, 11) is 0. The zero-order valence-electron chi connectivity index (χ0n) is 14.5. The van der Waals surface area contributed by atoms with Gasteiger partial charge < -0.3 is 15.2 Å². The average molecular weight is 348 g/mol. The molecule has 1 atom stereocenters. The Bertz CT molecular complexity index is 918. The van der Waals surface area contributed by atoms with E-state index in [1.807, 2.05) is 36.4 Å². The molecule has 0 aliphatic heterocycles. The molecule has 4 rings (SSSR count). The third-order valence-corrected chi connectivity index (χ3v) is 4.60. The molecule has 0 bridgehead atoms. The molecular formula is C20H20N4O2. The maximum absolute atomic E-state index is 12.4. The number of urea groups is 1. The number of anilines is 1. The van der Waals surface area contributed by atoms with Gasteiger partial charge in [-0.25, -0.2) is 4.79 Å². The molecule has 0 saturated heterocycles. The molecule has 132 valence electrons.